The minimum absolute atomic E-state index is 0.160. The Morgan fingerprint density at radius 3 is 2.71 bits per heavy atom. The summed E-state index contributed by atoms with van der Waals surface area (Å²) in [5.74, 6) is -0.432. The third kappa shape index (κ3) is 1.49. The van der Waals surface area contributed by atoms with Crippen LogP contribution in [0.25, 0.3) is 10.9 Å². The third-order valence-electron chi connectivity index (χ3n) is 1.81. The Morgan fingerprint density at radius 2 is 2.00 bits per heavy atom. The van der Waals surface area contributed by atoms with E-state index < -0.39 is 5.82 Å². The van der Waals surface area contributed by atoms with Crippen molar-refractivity contribution < 1.29 is 4.39 Å². The van der Waals surface area contributed by atoms with Crippen LogP contribution in [0.3, 0.4) is 0 Å². The Bertz CT molecular complexity index is 516. The molecule has 0 spiro atoms. The van der Waals surface area contributed by atoms with Gasteiger partial charge in [0.05, 0.1) is 9.50 Å². The number of para-hydroxylation sites is 1. The zero-order valence-electron chi connectivity index (χ0n) is 6.69. The van der Waals surface area contributed by atoms with Crippen LogP contribution in [-0.2, 0) is 0 Å². The largest absolute Gasteiger partial charge is 0.232 e. The summed E-state index contributed by atoms with van der Waals surface area (Å²) in [4.78, 5) is 3.89. The molecule has 0 saturated carbocycles. The molecule has 0 bridgehead atoms. The lowest BCUT2D eigenvalue weighted by molar-refractivity contribution is 0.637. The predicted molar refractivity (Wildman–Crippen MR) is 59.4 cm³/mol. The Kier molecular flexibility index (Phi) is 2.64. The van der Waals surface area contributed by atoms with Crippen LogP contribution in [0.2, 0.25) is 10.2 Å². The monoisotopic (exact) mass is 293 g/mol. The fourth-order valence-corrected chi connectivity index (χ4v) is 1.93. The molecule has 0 unspecified atom stereocenters. The van der Waals surface area contributed by atoms with E-state index in [0.29, 0.717) is 14.9 Å². The fraction of sp³-hybridized carbons (Fsp3) is 0. The van der Waals surface area contributed by atoms with Crippen molar-refractivity contribution >= 4 is 50.0 Å². The standard InChI is InChI=1S/C9H3BrCl2FN/c10-6-7(11)4-2-1-3-5(13)8(4)14-9(6)12/h1-3H. The molecule has 72 valence electrons. The molecule has 0 amide bonds. The molecule has 2 rings (SSSR count). The maximum atomic E-state index is 13.3. The van der Waals surface area contributed by atoms with Crippen molar-refractivity contribution in [3.8, 4) is 0 Å². The number of hydrogen-bond donors (Lipinski definition) is 0. The number of benzene rings is 1. The number of fused-ring (bicyclic) bond motifs is 1. The Labute approximate surface area is 98.0 Å². The van der Waals surface area contributed by atoms with E-state index in [9.17, 15) is 4.39 Å². The van der Waals surface area contributed by atoms with Crippen LogP contribution >= 0.6 is 39.1 Å². The molecule has 2 aromatic rings. The second-order valence-corrected chi connectivity index (χ2v) is 4.20. The molecule has 1 aromatic carbocycles. The van der Waals surface area contributed by atoms with E-state index in [1.54, 1.807) is 12.1 Å². The van der Waals surface area contributed by atoms with Gasteiger partial charge in [0, 0.05) is 5.39 Å². The first-order valence-electron chi connectivity index (χ1n) is 3.70. The van der Waals surface area contributed by atoms with Crippen LogP contribution in [0.4, 0.5) is 4.39 Å². The SMILES string of the molecule is Fc1cccc2c(Cl)c(Br)c(Cl)nc12. The summed E-state index contributed by atoms with van der Waals surface area (Å²) < 4.78 is 13.8. The van der Waals surface area contributed by atoms with Crippen molar-refractivity contribution in [1.82, 2.24) is 4.98 Å². The first kappa shape index (κ1) is 10.1. The van der Waals surface area contributed by atoms with E-state index in [0.717, 1.165) is 0 Å². The topological polar surface area (TPSA) is 12.9 Å². The van der Waals surface area contributed by atoms with Gasteiger partial charge < -0.3 is 0 Å². The first-order valence-corrected chi connectivity index (χ1v) is 5.25. The van der Waals surface area contributed by atoms with Gasteiger partial charge in [-0.15, -0.1) is 0 Å². The second-order valence-electron chi connectivity index (χ2n) is 2.67. The van der Waals surface area contributed by atoms with Crippen molar-refractivity contribution in [3.05, 3.63) is 38.7 Å². The summed E-state index contributed by atoms with van der Waals surface area (Å²) in [6.07, 6.45) is 0. The van der Waals surface area contributed by atoms with Crippen LogP contribution in [0, 0.1) is 5.82 Å². The fourth-order valence-electron chi connectivity index (χ4n) is 1.16. The molecule has 0 fully saturated rings. The van der Waals surface area contributed by atoms with Gasteiger partial charge in [-0.1, -0.05) is 35.3 Å². The summed E-state index contributed by atoms with van der Waals surface area (Å²) in [7, 11) is 0. The van der Waals surface area contributed by atoms with E-state index in [1.165, 1.54) is 6.07 Å². The maximum absolute atomic E-state index is 13.3. The first-order chi connectivity index (χ1) is 6.61. The number of nitrogens with zero attached hydrogens (tertiary/aromatic N) is 1. The van der Waals surface area contributed by atoms with Crippen molar-refractivity contribution in [2.45, 2.75) is 0 Å². The highest BCUT2D eigenvalue weighted by molar-refractivity contribution is 9.10. The maximum Gasteiger partial charge on any atom is 0.149 e. The van der Waals surface area contributed by atoms with Gasteiger partial charge in [0.1, 0.15) is 16.5 Å². The molecule has 5 heteroatoms. The summed E-state index contributed by atoms with van der Waals surface area (Å²) in [6, 6.07) is 4.58. The van der Waals surface area contributed by atoms with E-state index in [1.807, 2.05) is 0 Å². The predicted octanol–water partition coefficient (Wildman–Crippen LogP) is 4.44. The number of pyridine rings is 1. The molecule has 0 saturated heterocycles. The molecule has 0 aliphatic carbocycles. The van der Waals surface area contributed by atoms with Gasteiger partial charge in [-0.25, -0.2) is 9.37 Å². The van der Waals surface area contributed by atoms with Gasteiger partial charge in [0.15, 0.2) is 0 Å². The Hall–Kier alpha value is -0.380. The van der Waals surface area contributed by atoms with Crippen LogP contribution in [0.5, 0.6) is 0 Å². The smallest absolute Gasteiger partial charge is 0.149 e. The van der Waals surface area contributed by atoms with Gasteiger partial charge in [-0.2, -0.15) is 0 Å². The van der Waals surface area contributed by atoms with E-state index in [2.05, 4.69) is 20.9 Å². The molecule has 0 aliphatic rings. The van der Waals surface area contributed by atoms with Crippen LogP contribution in [0.1, 0.15) is 0 Å². The molecular formula is C9H3BrCl2FN. The molecule has 0 radical (unpaired) electrons. The van der Waals surface area contributed by atoms with Gasteiger partial charge in [0.25, 0.3) is 0 Å². The average Bonchev–Trinajstić information content (AvgIpc) is 2.17. The van der Waals surface area contributed by atoms with Crippen LogP contribution in [-0.4, -0.2) is 4.98 Å². The summed E-state index contributed by atoms with van der Waals surface area (Å²) in [5, 5.41) is 1.08. The van der Waals surface area contributed by atoms with Gasteiger partial charge in [-0.05, 0) is 22.0 Å². The molecule has 1 heterocycles. The molecular weight excluding hydrogens is 292 g/mol. The molecule has 1 aromatic heterocycles. The highest BCUT2D eigenvalue weighted by atomic mass is 79.9. The molecule has 14 heavy (non-hydrogen) atoms. The van der Waals surface area contributed by atoms with Crippen molar-refractivity contribution in [3.63, 3.8) is 0 Å². The van der Waals surface area contributed by atoms with Crippen molar-refractivity contribution in [2.24, 2.45) is 0 Å². The van der Waals surface area contributed by atoms with Crippen LogP contribution < -0.4 is 0 Å². The lowest BCUT2D eigenvalue weighted by Crippen LogP contribution is -1.87. The number of aromatic nitrogens is 1. The Balaban J connectivity index is 2.98. The normalized spacial score (nSPS) is 10.9. The quantitative estimate of drug-likeness (QED) is 0.655. The summed E-state index contributed by atoms with van der Waals surface area (Å²) >= 11 is 14.9. The zero-order valence-corrected chi connectivity index (χ0v) is 9.79. The van der Waals surface area contributed by atoms with Gasteiger partial charge in [-0.3, -0.25) is 0 Å². The second kappa shape index (κ2) is 3.65. The molecule has 0 atom stereocenters. The molecule has 1 nitrogen and oxygen atoms in total. The third-order valence-corrected chi connectivity index (χ3v) is 3.70. The molecule has 0 N–H and O–H groups in total. The summed E-state index contributed by atoms with van der Waals surface area (Å²) in [6.45, 7) is 0. The van der Waals surface area contributed by atoms with Crippen molar-refractivity contribution in [1.29, 1.82) is 0 Å². The number of halogens is 4. The van der Waals surface area contributed by atoms with Gasteiger partial charge >= 0.3 is 0 Å². The van der Waals surface area contributed by atoms with Gasteiger partial charge in [0.2, 0.25) is 0 Å². The molecule has 0 aliphatic heterocycles. The Morgan fingerprint density at radius 1 is 1.29 bits per heavy atom. The highest BCUT2D eigenvalue weighted by Gasteiger charge is 2.11. The lowest BCUT2D eigenvalue weighted by atomic mass is 10.2. The van der Waals surface area contributed by atoms with Crippen molar-refractivity contribution in [2.75, 3.05) is 0 Å². The van der Waals surface area contributed by atoms with E-state index in [4.69, 9.17) is 23.2 Å². The van der Waals surface area contributed by atoms with E-state index in [-0.39, 0.29) is 10.7 Å². The zero-order chi connectivity index (χ0) is 10.3. The summed E-state index contributed by atoms with van der Waals surface area (Å²) in [5.41, 5.74) is 0.186. The minimum Gasteiger partial charge on any atom is -0.232 e. The number of rotatable bonds is 0. The average molecular weight is 295 g/mol. The lowest BCUT2D eigenvalue weighted by Gasteiger charge is -2.04. The highest BCUT2D eigenvalue weighted by Crippen LogP contribution is 2.35. The van der Waals surface area contributed by atoms with E-state index >= 15 is 0 Å². The minimum atomic E-state index is -0.432. The van der Waals surface area contributed by atoms with Crippen LogP contribution in [0.15, 0.2) is 22.7 Å². The number of hydrogen-bond acceptors (Lipinski definition) is 1.